The molecule has 17 heavy (non-hydrogen) atoms. The first-order chi connectivity index (χ1) is 7.77. The van der Waals surface area contributed by atoms with Crippen molar-refractivity contribution in [2.24, 2.45) is 0 Å². The number of benzene rings is 1. The number of carbonyl (C=O) groups excluding carboxylic acids is 1. The molecule has 0 aromatic heterocycles. The van der Waals surface area contributed by atoms with Gasteiger partial charge in [0, 0.05) is 12.6 Å². The molecule has 0 aliphatic heterocycles. The molecular weight excluding hydrogens is 221 g/mol. The van der Waals surface area contributed by atoms with Crippen LogP contribution in [0.1, 0.15) is 31.1 Å². The standard InChI is InChI=1S/C13H18FNO2/c1-13(2,3)15(4)12(16)10-8-9(17-5)6-7-11(10)14/h6-8H,1-5H3. The van der Waals surface area contributed by atoms with Crippen LogP contribution in [0.5, 0.6) is 5.75 Å². The van der Waals surface area contributed by atoms with Crippen LogP contribution < -0.4 is 4.74 Å². The van der Waals surface area contributed by atoms with Gasteiger partial charge in [-0.1, -0.05) is 0 Å². The van der Waals surface area contributed by atoms with Crippen LogP contribution in [-0.2, 0) is 0 Å². The van der Waals surface area contributed by atoms with E-state index in [-0.39, 0.29) is 17.0 Å². The third kappa shape index (κ3) is 2.96. The smallest absolute Gasteiger partial charge is 0.257 e. The van der Waals surface area contributed by atoms with Gasteiger partial charge in [0.25, 0.3) is 5.91 Å². The highest BCUT2D eigenvalue weighted by Crippen LogP contribution is 2.21. The number of carbonyl (C=O) groups is 1. The number of hydrogen-bond acceptors (Lipinski definition) is 2. The Morgan fingerprint density at radius 1 is 1.35 bits per heavy atom. The number of rotatable bonds is 2. The normalized spacial score (nSPS) is 11.2. The Bertz CT molecular complexity index is 424. The zero-order valence-electron chi connectivity index (χ0n) is 10.9. The van der Waals surface area contributed by atoms with Gasteiger partial charge < -0.3 is 9.64 Å². The lowest BCUT2D eigenvalue weighted by atomic mass is 10.0. The average molecular weight is 239 g/mol. The summed E-state index contributed by atoms with van der Waals surface area (Å²) < 4.78 is 18.6. The van der Waals surface area contributed by atoms with Gasteiger partial charge in [0.2, 0.25) is 0 Å². The van der Waals surface area contributed by atoms with Gasteiger partial charge in [-0.25, -0.2) is 4.39 Å². The van der Waals surface area contributed by atoms with Gasteiger partial charge in [-0.3, -0.25) is 4.79 Å². The lowest BCUT2D eigenvalue weighted by Gasteiger charge is -2.32. The fraction of sp³-hybridized carbons (Fsp3) is 0.462. The predicted molar refractivity (Wildman–Crippen MR) is 64.8 cm³/mol. The predicted octanol–water partition coefficient (Wildman–Crippen LogP) is 2.70. The van der Waals surface area contributed by atoms with Gasteiger partial charge in [-0.2, -0.15) is 0 Å². The van der Waals surface area contributed by atoms with E-state index in [2.05, 4.69) is 0 Å². The van der Waals surface area contributed by atoms with E-state index >= 15 is 0 Å². The van der Waals surface area contributed by atoms with Crippen LogP contribution in [0.3, 0.4) is 0 Å². The molecule has 0 heterocycles. The van der Waals surface area contributed by atoms with Crippen molar-refractivity contribution in [3.05, 3.63) is 29.6 Å². The second-order valence-electron chi connectivity index (χ2n) is 4.88. The first-order valence-electron chi connectivity index (χ1n) is 5.39. The van der Waals surface area contributed by atoms with Crippen LogP contribution in [0.4, 0.5) is 4.39 Å². The number of halogens is 1. The van der Waals surface area contributed by atoms with Gasteiger partial charge >= 0.3 is 0 Å². The Morgan fingerprint density at radius 3 is 2.41 bits per heavy atom. The molecule has 3 nitrogen and oxygen atoms in total. The van der Waals surface area contributed by atoms with Crippen LogP contribution in [0, 0.1) is 5.82 Å². The van der Waals surface area contributed by atoms with Crippen molar-refractivity contribution in [2.75, 3.05) is 14.2 Å². The maximum absolute atomic E-state index is 13.6. The molecule has 1 aromatic rings. The maximum atomic E-state index is 13.6. The van der Waals surface area contributed by atoms with Gasteiger partial charge in [0.1, 0.15) is 11.6 Å². The van der Waals surface area contributed by atoms with Crippen LogP contribution >= 0.6 is 0 Å². The van der Waals surface area contributed by atoms with E-state index in [9.17, 15) is 9.18 Å². The van der Waals surface area contributed by atoms with Crippen LogP contribution in [0.2, 0.25) is 0 Å². The lowest BCUT2D eigenvalue weighted by molar-refractivity contribution is 0.0650. The quantitative estimate of drug-likeness (QED) is 0.794. The first kappa shape index (κ1) is 13.5. The molecule has 0 unspecified atom stereocenters. The molecule has 0 saturated carbocycles. The molecule has 0 fully saturated rings. The summed E-state index contributed by atoms with van der Waals surface area (Å²) in [5, 5.41) is 0. The first-order valence-corrected chi connectivity index (χ1v) is 5.39. The summed E-state index contributed by atoms with van der Waals surface area (Å²) in [7, 11) is 3.14. The highest BCUT2D eigenvalue weighted by Gasteiger charge is 2.25. The summed E-state index contributed by atoms with van der Waals surface area (Å²) in [5.74, 6) is -0.419. The second kappa shape index (κ2) is 4.73. The highest BCUT2D eigenvalue weighted by atomic mass is 19.1. The van der Waals surface area contributed by atoms with Crippen LogP contribution in [0.15, 0.2) is 18.2 Å². The molecule has 0 aliphatic carbocycles. The average Bonchev–Trinajstić information content (AvgIpc) is 2.26. The summed E-state index contributed by atoms with van der Waals surface area (Å²) in [5.41, 5.74) is -0.325. The SMILES string of the molecule is COc1ccc(F)c(C(=O)N(C)C(C)(C)C)c1. The van der Waals surface area contributed by atoms with E-state index in [1.165, 1.54) is 30.2 Å². The van der Waals surface area contributed by atoms with Crippen LogP contribution in [0.25, 0.3) is 0 Å². The number of methoxy groups -OCH3 is 1. The zero-order chi connectivity index (χ0) is 13.2. The van der Waals surface area contributed by atoms with E-state index in [0.717, 1.165) is 0 Å². The summed E-state index contributed by atoms with van der Waals surface area (Å²) in [6.07, 6.45) is 0. The molecule has 0 spiro atoms. The van der Waals surface area contributed by atoms with E-state index < -0.39 is 5.82 Å². The molecule has 0 radical (unpaired) electrons. The fourth-order valence-corrected chi connectivity index (χ4v) is 1.28. The lowest BCUT2D eigenvalue weighted by Crippen LogP contribution is -2.42. The van der Waals surface area contributed by atoms with Gasteiger partial charge in [0.15, 0.2) is 0 Å². The Morgan fingerprint density at radius 2 is 1.94 bits per heavy atom. The van der Waals surface area contributed by atoms with Crippen LogP contribution in [-0.4, -0.2) is 30.5 Å². The summed E-state index contributed by atoms with van der Waals surface area (Å²) >= 11 is 0. The minimum atomic E-state index is -0.535. The summed E-state index contributed by atoms with van der Waals surface area (Å²) in [6.45, 7) is 5.68. The van der Waals surface area contributed by atoms with Crippen molar-refractivity contribution < 1.29 is 13.9 Å². The molecule has 0 aliphatic rings. The summed E-state index contributed by atoms with van der Waals surface area (Å²) in [6, 6.07) is 4.14. The van der Waals surface area contributed by atoms with E-state index in [1.807, 2.05) is 20.8 Å². The van der Waals surface area contributed by atoms with Gasteiger partial charge in [0.05, 0.1) is 12.7 Å². The van der Waals surface area contributed by atoms with Crippen molar-refractivity contribution in [2.45, 2.75) is 26.3 Å². The Balaban J connectivity index is 3.12. The maximum Gasteiger partial charge on any atom is 0.257 e. The topological polar surface area (TPSA) is 29.5 Å². The molecular formula is C13H18FNO2. The molecule has 0 atom stereocenters. The number of nitrogens with zero attached hydrogens (tertiary/aromatic N) is 1. The molecule has 94 valence electrons. The number of ether oxygens (including phenoxy) is 1. The van der Waals surface area contributed by atoms with Gasteiger partial charge in [-0.15, -0.1) is 0 Å². The largest absolute Gasteiger partial charge is 0.497 e. The van der Waals surface area contributed by atoms with Crippen molar-refractivity contribution in [1.82, 2.24) is 4.90 Å². The molecule has 1 aromatic carbocycles. The molecule has 1 rings (SSSR count). The van der Waals surface area contributed by atoms with Crippen molar-refractivity contribution in [1.29, 1.82) is 0 Å². The minimum Gasteiger partial charge on any atom is -0.497 e. The van der Waals surface area contributed by atoms with E-state index in [4.69, 9.17) is 4.74 Å². The summed E-state index contributed by atoms with van der Waals surface area (Å²) in [4.78, 5) is 13.6. The fourth-order valence-electron chi connectivity index (χ4n) is 1.28. The highest BCUT2D eigenvalue weighted by molar-refractivity contribution is 5.95. The molecule has 4 heteroatoms. The van der Waals surface area contributed by atoms with Crippen molar-refractivity contribution in [3.63, 3.8) is 0 Å². The van der Waals surface area contributed by atoms with E-state index in [1.54, 1.807) is 7.05 Å². The minimum absolute atomic E-state index is 0.0294. The second-order valence-corrected chi connectivity index (χ2v) is 4.88. The van der Waals surface area contributed by atoms with E-state index in [0.29, 0.717) is 5.75 Å². The molecule has 0 saturated heterocycles. The molecule has 1 amide bonds. The zero-order valence-corrected chi connectivity index (χ0v) is 10.9. The molecule has 0 bridgehead atoms. The Kier molecular flexibility index (Phi) is 3.76. The third-order valence-corrected chi connectivity index (χ3v) is 2.71. The molecule has 0 N–H and O–H groups in total. The van der Waals surface area contributed by atoms with Gasteiger partial charge in [-0.05, 0) is 39.0 Å². The van der Waals surface area contributed by atoms with Crippen molar-refractivity contribution in [3.8, 4) is 5.75 Å². The number of hydrogen-bond donors (Lipinski definition) is 0. The van der Waals surface area contributed by atoms with Crippen molar-refractivity contribution >= 4 is 5.91 Å². The third-order valence-electron chi connectivity index (χ3n) is 2.71. The monoisotopic (exact) mass is 239 g/mol. The Labute approximate surface area is 101 Å². The number of amides is 1. The Hall–Kier alpha value is -1.58.